The number of carbonyl (C=O) groups excluding carboxylic acids is 1. The van der Waals surface area contributed by atoms with Crippen LogP contribution in [0.25, 0.3) is 11.2 Å². The highest BCUT2D eigenvalue weighted by Crippen LogP contribution is 2.44. The van der Waals surface area contributed by atoms with Gasteiger partial charge in [-0.1, -0.05) is 0 Å². The molecule has 2 aliphatic heterocycles. The van der Waals surface area contributed by atoms with E-state index in [1.165, 1.54) is 17.2 Å². The maximum absolute atomic E-state index is 13.3. The molecular formula is C21H20F5N7O. The normalized spacial score (nSPS) is 18.6. The van der Waals surface area contributed by atoms with Gasteiger partial charge in [-0.15, -0.1) is 0 Å². The smallest absolute Gasteiger partial charge is 0.355 e. The van der Waals surface area contributed by atoms with Crippen LogP contribution in [0, 0.1) is 5.41 Å². The first-order valence-corrected chi connectivity index (χ1v) is 10.7. The second-order valence-electron chi connectivity index (χ2n) is 8.53. The lowest BCUT2D eigenvalue weighted by Gasteiger charge is -2.38. The number of piperidine rings is 1. The highest BCUT2D eigenvalue weighted by Gasteiger charge is 2.49. The predicted molar refractivity (Wildman–Crippen MR) is 111 cm³/mol. The molecule has 0 aromatic carbocycles. The molecule has 0 unspecified atom stereocenters. The van der Waals surface area contributed by atoms with Crippen LogP contribution < -0.4 is 9.80 Å². The van der Waals surface area contributed by atoms with Crippen molar-refractivity contribution in [3.8, 4) is 0 Å². The number of anilines is 2. The molecule has 1 spiro atoms. The molecule has 8 nitrogen and oxygen atoms in total. The molecule has 5 rings (SSSR count). The quantitative estimate of drug-likeness (QED) is 0.531. The summed E-state index contributed by atoms with van der Waals surface area (Å²) in [7, 11) is 0. The number of rotatable bonds is 4. The molecule has 0 atom stereocenters. The molecular weight excluding hydrogens is 461 g/mol. The van der Waals surface area contributed by atoms with Crippen LogP contribution in [0.5, 0.6) is 0 Å². The van der Waals surface area contributed by atoms with Gasteiger partial charge in [0, 0.05) is 31.5 Å². The van der Waals surface area contributed by atoms with Crippen molar-refractivity contribution < 1.29 is 26.7 Å². The average Bonchev–Trinajstić information content (AvgIpc) is 3.34. The van der Waals surface area contributed by atoms with Gasteiger partial charge in [0.25, 0.3) is 6.43 Å². The van der Waals surface area contributed by atoms with E-state index in [1.54, 1.807) is 6.20 Å². The van der Waals surface area contributed by atoms with Crippen LogP contribution in [0.3, 0.4) is 0 Å². The summed E-state index contributed by atoms with van der Waals surface area (Å²) in [5, 5.41) is 3.92. The number of alkyl halides is 5. The van der Waals surface area contributed by atoms with Crippen molar-refractivity contribution in [2.45, 2.75) is 38.4 Å². The van der Waals surface area contributed by atoms with Crippen LogP contribution in [0.15, 0.2) is 30.7 Å². The van der Waals surface area contributed by atoms with Gasteiger partial charge in [0.05, 0.1) is 17.8 Å². The number of pyridine rings is 1. The molecule has 0 N–H and O–H groups in total. The van der Waals surface area contributed by atoms with Gasteiger partial charge in [0.15, 0.2) is 5.65 Å². The van der Waals surface area contributed by atoms with E-state index in [4.69, 9.17) is 0 Å². The van der Waals surface area contributed by atoms with Crippen molar-refractivity contribution in [1.82, 2.24) is 24.7 Å². The lowest BCUT2D eigenvalue weighted by Crippen LogP contribution is -2.45. The Morgan fingerprint density at radius 1 is 1.06 bits per heavy atom. The molecule has 1 amide bonds. The third-order valence-corrected chi connectivity index (χ3v) is 6.55. The van der Waals surface area contributed by atoms with Gasteiger partial charge in [0.1, 0.15) is 23.6 Å². The van der Waals surface area contributed by atoms with Crippen LogP contribution in [0.1, 0.15) is 25.0 Å². The van der Waals surface area contributed by atoms with Gasteiger partial charge < -0.3 is 9.80 Å². The third kappa shape index (κ3) is 3.92. The average molecular weight is 481 g/mol. The van der Waals surface area contributed by atoms with Crippen LogP contribution >= 0.6 is 0 Å². The Hall–Kier alpha value is -3.38. The lowest BCUT2D eigenvalue weighted by atomic mass is 9.77. The van der Waals surface area contributed by atoms with Crippen molar-refractivity contribution >= 4 is 28.6 Å². The molecule has 180 valence electrons. The maximum atomic E-state index is 13.3. The number of hydrogen-bond acceptors (Lipinski definition) is 6. The van der Waals surface area contributed by atoms with E-state index in [1.807, 2.05) is 4.90 Å². The molecule has 0 aliphatic carbocycles. The van der Waals surface area contributed by atoms with E-state index in [-0.39, 0.29) is 17.2 Å². The van der Waals surface area contributed by atoms with Gasteiger partial charge in [-0.25, -0.2) is 23.4 Å². The zero-order chi connectivity index (χ0) is 24.1. The summed E-state index contributed by atoms with van der Waals surface area (Å²) in [5.41, 5.74) is -0.828. The second-order valence-corrected chi connectivity index (χ2v) is 8.53. The summed E-state index contributed by atoms with van der Waals surface area (Å²) in [6.07, 6.45) is -1.64. The second kappa shape index (κ2) is 8.13. The van der Waals surface area contributed by atoms with Crippen LogP contribution in [-0.2, 0) is 17.5 Å². The highest BCUT2D eigenvalue weighted by atomic mass is 19.4. The van der Waals surface area contributed by atoms with Gasteiger partial charge in [0.2, 0.25) is 5.91 Å². The van der Waals surface area contributed by atoms with Gasteiger partial charge >= 0.3 is 6.18 Å². The van der Waals surface area contributed by atoms with Crippen molar-refractivity contribution in [1.29, 1.82) is 0 Å². The van der Waals surface area contributed by atoms with Gasteiger partial charge in [-0.2, -0.15) is 18.3 Å². The summed E-state index contributed by atoms with van der Waals surface area (Å²) in [5.74, 6) is 0.313. The molecule has 3 aromatic rings. The largest absolute Gasteiger partial charge is 0.433 e. The number of aromatic nitrogens is 5. The minimum Gasteiger partial charge on any atom is -0.355 e. The molecule has 0 bridgehead atoms. The fourth-order valence-corrected chi connectivity index (χ4v) is 4.69. The molecule has 2 saturated heterocycles. The Balaban J connectivity index is 1.31. The Kier molecular flexibility index (Phi) is 5.36. The van der Waals surface area contributed by atoms with Gasteiger partial charge in [-0.3, -0.25) is 9.78 Å². The Bertz CT molecular complexity index is 1220. The van der Waals surface area contributed by atoms with E-state index in [2.05, 4.69) is 20.1 Å². The van der Waals surface area contributed by atoms with Gasteiger partial charge in [-0.05, 0) is 31.4 Å². The standard InChI is InChI=1S/C21H20F5N7O/c22-16(23)12-33-18-14(10-29-33)28-11-17(30-18)31-6-2-20(3-7-31)4-8-32(19(20)34)13-1-5-27-15(9-13)21(24,25)26/h1,5,9-11,16H,2-4,6-8,12H2. The lowest BCUT2D eigenvalue weighted by molar-refractivity contribution is -0.141. The molecule has 13 heteroatoms. The molecule has 2 aliphatic rings. The van der Waals surface area contributed by atoms with Crippen LogP contribution in [0.2, 0.25) is 0 Å². The molecule has 34 heavy (non-hydrogen) atoms. The van der Waals surface area contributed by atoms with E-state index in [9.17, 15) is 26.7 Å². The van der Waals surface area contributed by atoms with E-state index < -0.39 is 30.3 Å². The summed E-state index contributed by atoms with van der Waals surface area (Å²) in [6, 6.07) is 2.31. The molecule has 2 fully saturated rings. The molecule has 3 aromatic heterocycles. The Labute approximate surface area is 190 Å². The minimum absolute atomic E-state index is 0.190. The first-order chi connectivity index (χ1) is 16.2. The van der Waals surface area contributed by atoms with E-state index >= 15 is 0 Å². The minimum atomic E-state index is -4.59. The van der Waals surface area contributed by atoms with E-state index in [0.29, 0.717) is 50.2 Å². The molecule has 0 radical (unpaired) electrons. The summed E-state index contributed by atoms with van der Waals surface area (Å²) < 4.78 is 65.9. The fourth-order valence-electron chi connectivity index (χ4n) is 4.69. The Morgan fingerprint density at radius 2 is 1.79 bits per heavy atom. The van der Waals surface area contributed by atoms with Crippen LogP contribution in [-0.4, -0.2) is 56.7 Å². The number of nitrogens with zero attached hydrogens (tertiary/aromatic N) is 7. The monoisotopic (exact) mass is 481 g/mol. The van der Waals surface area contributed by atoms with Crippen molar-refractivity contribution in [2.24, 2.45) is 5.41 Å². The van der Waals surface area contributed by atoms with E-state index in [0.717, 1.165) is 16.9 Å². The summed E-state index contributed by atoms with van der Waals surface area (Å²) in [6.45, 7) is 0.707. The van der Waals surface area contributed by atoms with Crippen molar-refractivity contribution in [3.63, 3.8) is 0 Å². The number of hydrogen-bond donors (Lipinski definition) is 0. The molecule has 0 saturated carbocycles. The number of fused-ring (bicyclic) bond motifs is 1. The highest BCUT2D eigenvalue weighted by molar-refractivity contribution is 6.00. The predicted octanol–water partition coefficient (Wildman–Crippen LogP) is 3.53. The number of carbonyl (C=O) groups is 1. The third-order valence-electron chi connectivity index (χ3n) is 6.55. The van der Waals surface area contributed by atoms with Crippen molar-refractivity contribution in [2.75, 3.05) is 29.4 Å². The number of amides is 1. The maximum Gasteiger partial charge on any atom is 0.433 e. The SMILES string of the molecule is O=C1N(c2ccnc(C(F)(F)F)c2)CCC12CCN(c1cnc3cnn(CC(F)F)c3n1)CC2. The topological polar surface area (TPSA) is 80.0 Å². The summed E-state index contributed by atoms with van der Waals surface area (Å²) >= 11 is 0. The summed E-state index contributed by atoms with van der Waals surface area (Å²) in [4.78, 5) is 28.7. The number of halogens is 5. The Morgan fingerprint density at radius 3 is 2.50 bits per heavy atom. The fraction of sp³-hybridized carbons (Fsp3) is 0.476. The van der Waals surface area contributed by atoms with Crippen molar-refractivity contribution in [3.05, 3.63) is 36.4 Å². The molecule has 5 heterocycles. The zero-order valence-corrected chi connectivity index (χ0v) is 17.8. The van der Waals surface area contributed by atoms with Crippen LogP contribution in [0.4, 0.5) is 33.5 Å². The first-order valence-electron chi connectivity index (χ1n) is 10.7. The first kappa shape index (κ1) is 22.4. The zero-order valence-electron chi connectivity index (χ0n) is 17.8.